The number of esters is 5. The van der Waals surface area contributed by atoms with Crippen LogP contribution in [0.1, 0.15) is 77.7 Å². The average molecular weight is 776 g/mol. The molecule has 300 valence electrons. The van der Waals surface area contributed by atoms with Crippen LogP contribution in [0.25, 0.3) is 5.76 Å². The van der Waals surface area contributed by atoms with Crippen molar-refractivity contribution >= 4 is 41.4 Å². The van der Waals surface area contributed by atoms with Crippen LogP contribution in [-0.4, -0.2) is 88.9 Å². The maximum atomic E-state index is 15.1. The summed E-state index contributed by atoms with van der Waals surface area (Å²) in [7, 11) is 0. The highest BCUT2D eigenvalue weighted by molar-refractivity contribution is 5.93. The van der Waals surface area contributed by atoms with Gasteiger partial charge in [-0.3, -0.25) is 29.0 Å². The molecule has 5 rings (SSSR count). The van der Waals surface area contributed by atoms with Gasteiger partial charge < -0.3 is 33.2 Å². The van der Waals surface area contributed by atoms with E-state index in [2.05, 4.69) is 18.1 Å². The molecule has 2 saturated carbocycles. The summed E-state index contributed by atoms with van der Waals surface area (Å²) in [5.74, 6) is -7.55. The average Bonchev–Trinajstić information content (AvgIpc) is 3.91. The molecule has 0 amide bonds. The van der Waals surface area contributed by atoms with Crippen molar-refractivity contribution in [2.24, 2.45) is 23.2 Å². The zero-order valence-corrected chi connectivity index (χ0v) is 32.8. The first-order valence-corrected chi connectivity index (χ1v) is 18.4. The minimum Gasteiger partial charge on any atom is -0.486 e. The van der Waals surface area contributed by atoms with Crippen molar-refractivity contribution in [1.82, 2.24) is 4.98 Å². The molecule has 1 saturated heterocycles. The number of rotatable bonds is 9. The standard InChI is InChI=1S/C42H49NO13/c1-21-19-42(56-28(8)47)31(32(21)51-25(5)44)33(52-26(6)45)22(2)34(53-27(7)46)36(55-40(49)29-15-12-11-13-16-29)39(50-24(4)30-17-14-18-43-20-30)41(9,10)38-35(54-38)23(3)37(42)48/h11-18,20-21,23,31-36,38-39H,2,4,19H2,1,3,5-10H3/t21-,23-,31+,32-,33-,34-,35+,36-,38-,39-,42+/m0/s1. The van der Waals surface area contributed by atoms with E-state index in [1.807, 2.05) is 0 Å². The van der Waals surface area contributed by atoms with Crippen molar-refractivity contribution < 1.29 is 61.9 Å². The molecule has 3 fully saturated rings. The van der Waals surface area contributed by atoms with Gasteiger partial charge in [-0.25, -0.2) is 4.79 Å². The fourth-order valence-corrected chi connectivity index (χ4v) is 8.32. The molecular formula is C42H49NO13. The van der Waals surface area contributed by atoms with Gasteiger partial charge in [0.25, 0.3) is 0 Å². The van der Waals surface area contributed by atoms with Crippen molar-refractivity contribution in [3.63, 3.8) is 0 Å². The summed E-state index contributed by atoms with van der Waals surface area (Å²) in [5, 5.41) is 0. The number of pyridine rings is 1. The minimum atomic E-state index is -2.06. The van der Waals surface area contributed by atoms with Crippen molar-refractivity contribution in [3.8, 4) is 0 Å². The summed E-state index contributed by atoms with van der Waals surface area (Å²) in [5.41, 5.74) is -2.79. The number of ether oxygens (including phenoxy) is 7. The van der Waals surface area contributed by atoms with Crippen LogP contribution in [-0.2, 0) is 57.1 Å². The zero-order chi connectivity index (χ0) is 41.3. The number of Topliss-reactive ketones (excluding diaryl/α,β-unsaturated/α-hetero) is 1. The molecule has 0 unspecified atom stereocenters. The van der Waals surface area contributed by atoms with Crippen molar-refractivity contribution in [2.75, 3.05) is 0 Å². The van der Waals surface area contributed by atoms with Gasteiger partial charge in [0.15, 0.2) is 23.6 Å². The molecule has 1 aliphatic heterocycles. The van der Waals surface area contributed by atoms with Gasteiger partial charge in [0.1, 0.15) is 24.1 Å². The fraction of sp³-hybridized carbons (Fsp3) is 0.500. The molecule has 0 radical (unpaired) electrons. The number of carbonyl (C=O) groups is 6. The van der Waals surface area contributed by atoms with Crippen LogP contribution in [0.4, 0.5) is 0 Å². The largest absolute Gasteiger partial charge is 0.486 e. The number of carbonyl (C=O) groups excluding carboxylic acids is 6. The van der Waals surface area contributed by atoms with Gasteiger partial charge in [0, 0.05) is 69.0 Å². The van der Waals surface area contributed by atoms with E-state index >= 15 is 4.79 Å². The van der Waals surface area contributed by atoms with Gasteiger partial charge in [0.2, 0.25) is 0 Å². The zero-order valence-electron chi connectivity index (χ0n) is 32.8. The molecule has 3 aliphatic rings. The molecule has 11 atom stereocenters. The number of fused-ring (bicyclic) bond motifs is 2. The number of aromatic nitrogens is 1. The van der Waals surface area contributed by atoms with Crippen LogP contribution in [0.3, 0.4) is 0 Å². The molecule has 14 nitrogen and oxygen atoms in total. The summed E-state index contributed by atoms with van der Waals surface area (Å²) < 4.78 is 43.2. The van der Waals surface area contributed by atoms with Gasteiger partial charge in [-0.1, -0.05) is 59.1 Å². The fourth-order valence-electron chi connectivity index (χ4n) is 8.32. The van der Waals surface area contributed by atoms with Gasteiger partial charge in [-0.05, 0) is 30.2 Å². The molecule has 1 aromatic heterocycles. The van der Waals surface area contributed by atoms with E-state index in [-0.39, 0.29) is 23.3 Å². The third-order valence-corrected chi connectivity index (χ3v) is 10.8. The quantitative estimate of drug-likeness (QED) is 0.109. The first-order chi connectivity index (χ1) is 26.3. The van der Waals surface area contributed by atoms with Crippen molar-refractivity contribution in [1.29, 1.82) is 0 Å². The van der Waals surface area contributed by atoms with E-state index in [0.29, 0.717) is 5.56 Å². The topological polar surface area (TPSA) is 183 Å². The molecule has 2 aromatic rings. The molecule has 14 heteroatoms. The highest BCUT2D eigenvalue weighted by Crippen LogP contribution is 2.55. The predicted octanol–water partition coefficient (Wildman–Crippen LogP) is 4.98. The second-order valence-corrected chi connectivity index (χ2v) is 15.3. The van der Waals surface area contributed by atoms with Gasteiger partial charge in [-0.15, -0.1) is 0 Å². The first-order valence-electron chi connectivity index (χ1n) is 18.4. The van der Waals surface area contributed by atoms with Crippen molar-refractivity contribution in [2.45, 2.75) is 110 Å². The minimum absolute atomic E-state index is 0.113. The second kappa shape index (κ2) is 16.4. The Hall–Kier alpha value is -5.37. The maximum Gasteiger partial charge on any atom is 0.338 e. The van der Waals surface area contributed by atoms with E-state index in [1.165, 1.54) is 25.3 Å². The Kier molecular flexibility index (Phi) is 12.2. The monoisotopic (exact) mass is 775 g/mol. The van der Waals surface area contributed by atoms with Crippen LogP contribution in [0.5, 0.6) is 0 Å². The maximum absolute atomic E-state index is 15.1. The van der Waals surface area contributed by atoms with Gasteiger partial charge in [-0.2, -0.15) is 0 Å². The molecule has 0 spiro atoms. The van der Waals surface area contributed by atoms with Gasteiger partial charge in [0.05, 0.1) is 23.7 Å². The first kappa shape index (κ1) is 41.8. The Morgan fingerprint density at radius 1 is 0.786 bits per heavy atom. The summed E-state index contributed by atoms with van der Waals surface area (Å²) in [6, 6.07) is 11.5. The Morgan fingerprint density at radius 2 is 1.39 bits per heavy atom. The third-order valence-electron chi connectivity index (χ3n) is 10.8. The van der Waals surface area contributed by atoms with Crippen LogP contribution < -0.4 is 0 Å². The summed E-state index contributed by atoms with van der Waals surface area (Å²) in [6.07, 6.45) is -5.96. The van der Waals surface area contributed by atoms with Gasteiger partial charge >= 0.3 is 29.8 Å². The van der Waals surface area contributed by atoms with E-state index in [1.54, 1.807) is 64.2 Å². The van der Waals surface area contributed by atoms with E-state index in [4.69, 9.17) is 33.2 Å². The lowest BCUT2D eigenvalue weighted by Gasteiger charge is -2.45. The number of hydrogen-bond donors (Lipinski definition) is 0. The SMILES string of the molecule is C=C(O[C@H]1[C@@H](OC(=O)c2ccccc2)[C@@H](OC(C)=O)C(=C)[C@H](OC(C)=O)[C@H]2[C@@H](OC(C)=O)[C@@H](C)C[C@]2(OC(C)=O)C(=O)[C@@H](C)[C@H]2O[C@@H]2C1(C)C)c1cccnc1. The molecular weight excluding hydrogens is 726 g/mol. The summed E-state index contributed by atoms with van der Waals surface area (Å²) >= 11 is 0. The summed E-state index contributed by atoms with van der Waals surface area (Å²) in [6.45, 7) is 19.9. The molecule has 2 heterocycles. The van der Waals surface area contributed by atoms with E-state index < -0.39 is 107 Å². The lowest BCUT2D eigenvalue weighted by molar-refractivity contribution is -0.188. The number of nitrogens with zero attached hydrogens (tertiary/aromatic N) is 1. The molecule has 56 heavy (non-hydrogen) atoms. The van der Waals surface area contributed by atoms with E-state index in [0.717, 1.165) is 20.8 Å². The number of epoxide rings is 1. The highest BCUT2D eigenvalue weighted by Gasteiger charge is 2.69. The number of ketones is 1. The normalized spacial score (nSPS) is 32.1. The van der Waals surface area contributed by atoms with Crippen molar-refractivity contribution in [3.05, 3.63) is 84.7 Å². The Bertz CT molecular complexity index is 1880. The molecule has 1 aromatic carbocycles. The number of benzene rings is 1. The van der Waals surface area contributed by atoms with Crippen LogP contribution in [0, 0.1) is 23.2 Å². The summed E-state index contributed by atoms with van der Waals surface area (Å²) in [4.78, 5) is 85.2. The van der Waals surface area contributed by atoms with Crippen LogP contribution >= 0.6 is 0 Å². The Morgan fingerprint density at radius 3 is 1.96 bits per heavy atom. The third kappa shape index (κ3) is 8.40. The molecule has 0 bridgehead atoms. The van der Waals surface area contributed by atoms with Crippen LogP contribution in [0.2, 0.25) is 0 Å². The lowest BCUT2D eigenvalue weighted by Crippen LogP contribution is -2.60. The molecule has 2 aliphatic carbocycles. The van der Waals surface area contributed by atoms with Crippen LogP contribution in [0.15, 0.2) is 73.6 Å². The predicted molar refractivity (Wildman–Crippen MR) is 198 cm³/mol. The Labute approximate surface area is 325 Å². The second-order valence-electron chi connectivity index (χ2n) is 15.3. The lowest BCUT2D eigenvalue weighted by atomic mass is 9.69. The number of hydrogen-bond acceptors (Lipinski definition) is 14. The smallest absolute Gasteiger partial charge is 0.338 e. The Balaban J connectivity index is 1.82. The highest BCUT2D eigenvalue weighted by atomic mass is 16.6. The molecule has 0 N–H and O–H groups in total. The van der Waals surface area contributed by atoms with E-state index in [9.17, 15) is 24.0 Å².